The van der Waals surface area contributed by atoms with Crippen molar-refractivity contribution in [3.05, 3.63) is 0 Å². The van der Waals surface area contributed by atoms with Crippen LogP contribution in [0.2, 0.25) is 18.1 Å². The molecule has 1 saturated heterocycles. The van der Waals surface area contributed by atoms with Crippen molar-refractivity contribution in [2.45, 2.75) is 103 Å². The van der Waals surface area contributed by atoms with Crippen molar-refractivity contribution >= 4 is 14.6 Å². The standard InChI is InChI=1S/C17H34O4Si/c1-13(21-22(7,8)16(2,3)4)11-15-12-14(9-10-18)19-17(5,6)20-15/h10,13-15H,9,11-12H2,1-8H3/t13-,14+,15-/m0/s1. The summed E-state index contributed by atoms with van der Waals surface area (Å²) in [4.78, 5) is 10.8. The molecule has 0 saturated carbocycles. The van der Waals surface area contributed by atoms with Crippen LogP contribution in [0, 0.1) is 0 Å². The molecule has 3 atom stereocenters. The average Bonchev–Trinajstić information content (AvgIpc) is 2.23. The zero-order valence-electron chi connectivity index (χ0n) is 15.6. The highest BCUT2D eigenvalue weighted by Gasteiger charge is 2.40. The maximum absolute atomic E-state index is 10.8. The lowest BCUT2D eigenvalue weighted by Gasteiger charge is -2.43. The van der Waals surface area contributed by atoms with Gasteiger partial charge in [-0.05, 0) is 45.3 Å². The van der Waals surface area contributed by atoms with E-state index in [-0.39, 0.29) is 23.4 Å². The molecule has 0 spiro atoms. The van der Waals surface area contributed by atoms with Crippen LogP contribution >= 0.6 is 0 Å². The highest BCUT2D eigenvalue weighted by Crippen LogP contribution is 2.38. The van der Waals surface area contributed by atoms with Gasteiger partial charge >= 0.3 is 0 Å². The molecule has 1 heterocycles. The fourth-order valence-electron chi connectivity index (χ4n) is 2.71. The molecule has 1 rings (SSSR count). The zero-order chi connectivity index (χ0) is 17.2. The van der Waals surface area contributed by atoms with Crippen LogP contribution in [-0.4, -0.2) is 38.7 Å². The Hall–Kier alpha value is -0.233. The van der Waals surface area contributed by atoms with Crippen LogP contribution in [0.4, 0.5) is 0 Å². The molecule has 0 radical (unpaired) electrons. The third-order valence-electron chi connectivity index (χ3n) is 4.68. The zero-order valence-corrected chi connectivity index (χ0v) is 16.6. The minimum Gasteiger partial charge on any atom is -0.414 e. The lowest BCUT2D eigenvalue weighted by atomic mass is 10.0. The van der Waals surface area contributed by atoms with E-state index in [0.29, 0.717) is 6.42 Å². The molecular formula is C17H34O4Si. The molecule has 0 amide bonds. The topological polar surface area (TPSA) is 44.8 Å². The fourth-order valence-corrected chi connectivity index (χ4v) is 4.17. The third-order valence-corrected chi connectivity index (χ3v) is 9.29. The van der Waals surface area contributed by atoms with Gasteiger partial charge < -0.3 is 18.7 Å². The molecule has 0 aromatic rings. The van der Waals surface area contributed by atoms with Gasteiger partial charge in [-0.2, -0.15) is 0 Å². The Morgan fingerprint density at radius 3 is 2.32 bits per heavy atom. The van der Waals surface area contributed by atoms with Gasteiger partial charge in [0.05, 0.1) is 12.2 Å². The third kappa shape index (κ3) is 5.76. The number of ether oxygens (including phenoxy) is 2. The van der Waals surface area contributed by atoms with Gasteiger partial charge in [0.1, 0.15) is 6.29 Å². The molecule has 130 valence electrons. The molecular weight excluding hydrogens is 296 g/mol. The molecule has 0 aromatic carbocycles. The lowest BCUT2D eigenvalue weighted by Crippen LogP contribution is -2.47. The summed E-state index contributed by atoms with van der Waals surface area (Å²) in [7, 11) is -1.76. The van der Waals surface area contributed by atoms with Gasteiger partial charge in [-0.3, -0.25) is 0 Å². The van der Waals surface area contributed by atoms with Gasteiger partial charge in [0.2, 0.25) is 0 Å². The smallest absolute Gasteiger partial charge is 0.192 e. The lowest BCUT2D eigenvalue weighted by molar-refractivity contribution is -0.301. The molecule has 0 aliphatic carbocycles. The number of carbonyl (C=O) groups is 1. The van der Waals surface area contributed by atoms with Crippen LogP contribution in [-0.2, 0) is 18.7 Å². The number of aldehydes is 1. The van der Waals surface area contributed by atoms with Crippen molar-refractivity contribution in [3.63, 3.8) is 0 Å². The Balaban J connectivity index is 2.63. The van der Waals surface area contributed by atoms with E-state index in [0.717, 1.165) is 19.1 Å². The number of carbonyl (C=O) groups excluding carboxylic acids is 1. The average molecular weight is 331 g/mol. The molecule has 1 aliphatic rings. The highest BCUT2D eigenvalue weighted by atomic mass is 28.4. The second-order valence-electron chi connectivity index (χ2n) is 8.44. The molecule has 0 N–H and O–H groups in total. The van der Waals surface area contributed by atoms with E-state index in [4.69, 9.17) is 13.9 Å². The Kier molecular flexibility index (Phi) is 6.41. The predicted molar refractivity (Wildman–Crippen MR) is 91.5 cm³/mol. The molecule has 22 heavy (non-hydrogen) atoms. The van der Waals surface area contributed by atoms with Crippen LogP contribution in [0.1, 0.15) is 60.8 Å². The highest BCUT2D eigenvalue weighted by molar-refractivity contribution is 6.74. The summed E-state index contributed by atoms with van der Waals surface area (Å²) < 4.78 is 18.2. The van der Waals surface area contributed by atoms with E-state index in [9.17, 15) is 4.79 Å². The quantitative estimate of drug-likeness (QED) is 0.538. The monoisotopic (exact) mass is 330 g/mol. The molecule has 1 aliphatic heterocycles. The van der Waals surface area contributed by atoms with Crippen LogP contribution in [0.3, 0.4) is 0 Å². The molecule has 0 unspecified atom stereocenters. The van der Waals surface area contributed by atoms with Gasteiger partial charge in [-0.1, -0.05) is 20.8 Å². The van der Waals surface area contributed by atoms with Crippen LogP contribution in [0.5, 0.6) is 0 Å². The fraction of sp³-hybridized carbons (Fsp3) is 0.941. The maximum atomic E-state index is 10.8. The first-order valence-electron chi connectivity index (χ1n) is 8.33. The largest absolute Gasteiger partial charge is 0.414 e. The van der Waals surface area contributed by atoms with E-state index in [1.54, 1.807) is 0 Å². The van der Waals surface area contributed by atoms with Crippen LogP contribution in [0.15, 0.2) is 0 Å². The maximum Gasteiger partial charge on any atom is 0.192 e. The van der Waals surface area contributed by atoms with Crippen LogP contribution in [0.25, 0.3) is 0 Å². The van der Waals surface area contributed by atoms with Crippen LogP contribution < -0.4 is 0 Å². The summed E-state index contributed by atoms with van der Waals surface area (Å²) in [6.07, 6.45) is 3.14. The molecule has 0 aromatic heterocycles. The number of hydrogen-bond acceptors (Lipinski definition) is 4. The van der Waals surface area contributed by atoms with Crippen molar-refractivity contribution in [1.82, 2.24) is 0 Å². The summed E-state index contributed by atoms with van der Waals surface area (Å²) >= 11 is 0. The predicted octanol–water partition coefficient (Wildman–Crippen LogP) is 4.29. The minimum atomic E-state index is -1.76. The first-order valence-corrected chi connectivity index (χ1v) is 11.2. The Morgan fingerprint density at radius 2 is 1.82 bits per heavy atom. The van der Waals surface area contributed by atoms with Crippen molar-refractivity contribution in [3.8, 4) is 0 Å². The van der Waals surface area contributed by atoms with Crippen molar-refractivity contribution in [2.24, 2.45) is 0 Å². The van der Waals surface area contributed by atoms with Crippen molar-refractivity contribution in [2.75, 3.05) is 0 Å². The van der Waals surface area contributed by atoms with E-state index in [1.165, 1.54) is 0 Å². The second-order valence-corrected chi connectivity index (χ2v) is 13.2. The van der Waals surface area contributed by atoms with Gasteiger partial charge in [0.15, 0.2) is 14.1 Å². The summed E-state index contributed by atoms with van der Waals surface area (Å²) in [6.45, 7) is 17.2. The number of hydrogen-bond donors (Lipinski definition) is 0. The Bertz CT molecular complexity index is 373. The summed E-state index contributed by atoms with van der Waals surface area (Å²) in [5.41, 5.74) is 0. The molecule has 0 bridgehead atoms. The summed E-state index contributed by atoms with van der Waals surface area (Å²) in [5, 5.41) is 0.205. The minimum absolute atomic E-state index is 0.0497. The van der Waals surface area contributed by atoms with Crippen molar-refractivity contribution in [1.29, 1.82) is 0 Å². The van der Waals surface area contributed by atoms with Gasteiger partial charge in [0, 0.05) is 18.9 Å². The van der Waals surface area contributed by atoms with E-state index >= 15 is 0 Å². The summed E-state index contributed by atoms with van der Waals surface area (Å²) in [5.74, 6) is -0.632. The van der Waals surface area contributed by atoms with E-state index in [1.807, 2.05) is 13.8 Å². The second kappa shape index (κ2) is 7.12. The van der Waals surface area contributed by atoms with Gasteiger partial charge in [0.25, 0.3) is 0 Å². The van der Waals surface area contributed by atoms with E-state index in [2.05, 4.69) is 40.8 Å². The number of rotatable bonds is 6. The van der Waals surface area contributed by atoms with Gasteiger partial charge in [-0.15, -0.1) is 0 Å². The Morgan fingerprint density at radius 1 is 1.27 bits per heavy atom. The van der Waals surface area contributed by atoms with E-state index < -0.39 is 14.1 Å². The SMILES string of the molecule is C[C@@H](C[C@H]1C[C@@H](CC=O)OC(C)(C)O1)O[Si](C)(C)C(C)(C)C. The molecule has 5 heteroatoms. The molecule has 1 fully saturated rings. The summed E-state index contributed by atoms with van der Waals surface area (Å²) in [6, 6.07) is 0. The first-order chi connectivity index (χ1) is 9.86. The molecule has 4 nitrogen and oxygen atoms in total. The normalized spacial score (nSPS) is 27.5. The van der Waals surface area contributed by atoms with Crippen molar-refractivity contribution < 1.29 is 18.7 Å². The van der Waals surface area contributed by atoms with Gasteiger partial charge in [-0.25, -0.2) is 0 Å². The first kappa shape index (κ1) is 19.8. The Labute approximate surface area is 137 Å².